The van der Waals surface area contributed by atoms with Crippen molar-refractivity contribution in [3.63, 3.8) is 0 Å². The molecule has 2 aliphatic rings. The molecule has 2 amide bonds. The Bertz CT molecular complexity index is 1350. The topological polar surface area (TPSA) is 215 Å². The predicted octanol–water partition coefficient (Wildman–Crippen LogP) is 0.821. The van der Waals surface area contributed by atoms with E-state index in [4.69, 9.17) is 10.6 Å². The number of β-lactam (4-membered cyclic amide) rings is 1. The van der Waals surface area contributed by atoms with Gasteiger partial charge >= 0.3 is 5.97 Å². The highest BCUT2D eigenvalue weighted by atomic mass is 32.2. The maximum absolute atomic E-state index is 12.9. The van der Waals surface area contributed by atoms with Crippen LogP contribution in [0.5, 0.6) is 0 Å². The van der Waals surface area contributed by atoms with Crippen molar-refractivity contribution in [2.24, 2.45) is 10.3 Å². The van der Waals surface area contributed by atoms with Gasteiger partial charge in [-0.05, 0) is 12.1 Å². The standard InChI is InChI=1S/C20H18N8O7S2/c1-35-26-14(11-7-37-20(21)23-11)17(29)24-15-12-8-36-13(16(19(31)32)27(12)18(15)30)6-22-25-9-2-4-10(5-3-9)28(33)34/h2-7,12,15,25H,8H2,1H3,(H2,21,23)(H,24,29)(H,31,32). The van der Waals surface area contributed by atoms with Gasteiger partial charge in [0, 0.05) is 23.3 Å². The number of nitrogens with two attached hydrogens (primary N) is 1. The number of fused-ring (bicyclic) bond motifs is 1. The number of amides is 2. The average Bonchev–Trinajstić information content (AvgIpc) is 3.31. The summed E-state index contributed by atoms with van der Waals surface area (Å²) in [5.74, 6) is -2.39. The lowest BCUT2D eigenvalue weighted by Gasteiger charge is -2.49. The molecule has 1 saturated heterocycles. The largest absolute Gasteiger partial charge is 0.477 e. The molecule has 0 spiro atoms. The van der Waals surface area contributed by atoms with Crippen molar-refractivity contribution in [3.05, 3.63) is 56.1 Å². The van der Waals surface area contributed by atoms with Gasteiger partial charge in [-0.15, -0.1) is 23.1 Å². The molecule has 2 atom stereocenters. The predicted molar refractivity (Wildman–Crippen MR) is 135 cm³/mol. The summed E-state index contributed by atoms with van der Waals surface area (Å²) in [4.78, 5) is 57.9. The normalized spacial score (nSPS) is 19.3. The van der Waals surface area contributed by atoms with Gasteiger partial charge < -0.3 is 21.0 Å². The fourth-order valence-corrected chi connectivity index (χ4v) is 5.23. The smallest absolute Gasteiger partial charge is 0.353 e. The number of rotatable bonds is 9. The molecule has 0 aliphatic carbocycles. The van der Waals surface area contributed by atoms with E-state index in [-0.39, 0.29) is 38.6 Å². The molecule has 192 valence electrons. The third kappa shape index (κ3) is 5.21. The van der Waals surface area contributed by atoms with Gasteiger partial charge in [0.25, 0.3) is 17.5 Å². The van der Waals surface area contributed by atoms with Gasteiger partial charge in [-0.2, -0.15) is 5.10 Å². The number of nitro benzene ring substituents is 1. The number of hydrogen-bond donors (Lipinski definition) is 4. The van der Waals surface area contributed by atoms with Gasteiger partial charge in [-0.1, -0.05) is 5.16 Å². The van der Waals surface area contributed by atoms with Gasteiger partial charge in [-0.25, -0.2) is 9.78 Å². The number of non-ortho nitro benzene ring substituents is 1. The van der Waals surface area contributed by atoms with E-state index in [9.17, 15) is 29.6 Å². The highest BCUT2D eigenvalue weighted by Gasteiger charge is 2.54. The van der Waals surface area contributed by atoms with E-state index in [0.717, 1.165) is 28.0 Å². The molecule has 2 aliphatic heterocycles. The second kappa shape index (κ2) is 10.6. The van der Waals surface area contributed by atoms with E-state index in [0.29, 0.717) is 5.69 Å². The zero-order valence-corrected chi connectivity index (χ0v) is 20.5. The lowest BCUT2D eigenvalue weighted by Crippen LogP contribution is -2.73. The summed E-state index contributed by atoms with van der Waals surface area (Å²) in [5, 5.41) is 32.5. The first-order valence-corrected chi connectivity index (χ1v) is 12.2. The molecule has 1 aromatic carbocycles. The highest BCUT2D eigenvalue weighted by molar-refractivity contribution is 8.04. The van der Waals surface area contributed by atoms with Crippen LogP contribution in [-0.2, 0) is 19.2 Å². The average molecular weight is 547 g/mol. The number of nitrogens with zero attached hydrogens (tertiary/aromatic N) is 5. The molecule has 2 unspecified atom stereocenters. The monoisotopic (exact) mass is 546 g/mol. The zero-order valence-electron chi connectivity index (χ0n) is 18.9. The van der Waals surface area contributed by atoms with Crippen molar-refractivity contribution in [1.82, 2.24) is 15.2 Å². The van der Waals surface area contributed by atoms with Gasteiger partial charge in [0.15, 0.2) is 10.8 Å². The molecular weight excluding hydrogens is 528 g/mol. The SMILES string of the molecule is CON=C(C(=O)NC1C(=O)N2C(C(=O)O)=C(C=NNc3ccc([N+](=O)[O-])cc3)SCC12)c1csc(N)n1. The number of allylic oxidation sites excluding steroid dienone is 1. The summed E-state index contributed by atoms with van der Waals surface area (Å²) in [6.45, 7) is 0. The number of thioether (sulfide) groups is 1. The number of aliphatic carboxylic acids is 1. The van der Waals surface area contributed by atoms with Crippen molar-refractivity contribution < 1.29 is 29.3 Å². The molecule has 1 aromatic heterocycles. The van der Waals surface area contributed by atoms with Crippen molar-refractivity contribution in [2.45, 2.75) is 12.1 Å². The Labute approximate surface area is 216 Å². The number of nitrogens with one attached hydrogen (secondary N) is 2. The van der Waals surface area contributed by atoms with E-state index in [1.165, 1.54) is 43.0 Å². The zero-order chi connectivity index (χ0) is 26.7. The van der Waals surface area contributed by atoms with E-state index in [1.54, 1.807) is 0 Å². The summed E-state index contributed by atoms with van der Waals surface area (Å²) in [6.07, 6.45) is 1.25. The second-order valence-electron chi connectivity index (χ2n) is 7.42. The Hall–Kier alpha value is -4.51. The van der Waals surface area contributed by atoms with Crippen LogP contribution < -0.4 is 16.5 Å². The lowest BCUT2D eigenvalue weighted by atomic mass is 9.94. The molecule has 15 nitrogen and oxygen atoms in total. The fraction of sp³-hybridized carbons (Fsp3) is 0.200. The highest BCUT2D eigenvalue weighted by Crippen LogP contribution is 2.38. The number of benzene rings is 1. The number of carbonyl (C=O) groups is 3. The Morgan fingerprint density at radius 1 is 1.38 bits per heavy atom. The maximum atomic E-state index is 12.9. The molecule has 37 heavy (non-hydrogen) atoms. The fourth-order valence-electron chi connectivity index (χ4n) is 3.54. The molecule has 3 heterocycles. The molecule has 0 saturated carbocycles. The van der Waals surface area contributed by atoms with Gasteiger partial charge in [0.1, 0.15) is 24.5 Å². The van der Waals surface area contributed by atoms with Crippen LogP contribution in [0.1, 0.15) is 5.69 Å². The summed E-state index contributed by atoms with van der Waals surface area (Å²) in [6, 6.07) is 3.87. The number of aromatic nitrogens is 1. The number of hydrogen-bond acceptors (Lipinski definition) is 13. The van der Waals surface area contributed by atoms with Crippen molar-refractivity contribution in [3.8, 4) is 0 Å². The van der Waals surface area contributed by atoms with Crippen LogP contribution in [0.15, 0.2) is 50.5 Å². The van der Waals surface area contributed by atoms with E-state index >= 15 is 0 Å². The van der Waals surface area contributed by atoms with Crippen molar-refractivity contribution >= 4 is 69.3 Å². The number of nitrogen functional groups attached to an aromatic ring is 1. The van der Waals surface area contributed by atoms with Crippen molar-refractivity contribution in [2.75, 3.05) is 24.0 Å². The number of hydrazone groups is 1. The van der Waals surface area contributed by atoms with E-state index in [1.807, 2.05) is 0 Å². The summed E-state index contributed by atoms with van der Waals surface area (Å²) < 4.78 is 0. The van der Waals surface area contributed by atoms with Gasteiger partial charge in [-0.3, -0.25) is 30.0 Å². The summed E-state index contributed by atoms with van der Waals surface area (Å²) >= 11 is 2.25. The van der Waals surface area contributed by atoms with Gasteiger partial charge in [0.05, 0.1) is 27.8 Å². The van der Waals surface area contributed by atoms with Crippen LogP contribution in [0, 0.1) is 10.1 Å². The number of carboxylic acid groups (broad SMARTS) is 1. The first-order valence-electron chi connectivity index (χ1n) is 10.3. The molecule has 0 radical (unpaired) electrons. The molecule has 0 bridgehead atoms. The number of oxime groups is 1. The van der Waals surface area contributed by atoms with Crippen molar-refractivity contribution in [1.29, 1.82) is 0 Å². The van der Waals surface area contributed by atoms with Crippen LogP contribution >= 0.6 is 23.1 Å². The Balaban J connectivity index is 1.47. The minimum absolute atomic E-state index is 0.0893. The van der Waals surface area contributed by atoms with Crippen LogP contribution in [0.2, 0.25) is 0 Å². The Morgan fingerprint density at radius 3 is 2.70 bits per heavy atom. The van der Waals surface area contributed by atoms with Crippen LogP contribution in [0.25, 0.3) is 0 Å². The van der Waals surface area contributed by atoms with Crippen LogP contribution in [-0.4, -0.2) is 74.6 Å². The Morgan fingerprint density at radius 2 is 2.11 bits per heavy atom. The number of nitro groups is 1. The van der Waals surface area contributed by atoms with Crippen LogP contribution in [0.4, 0.5) is 16.5 Å². The van der Waals surface area contributed by atoms with Crippen LogP contribution in [0.3, 0.4) is 0 Å². The quantitative estimate of drug-likeness (QED) is 0.149. The maximum Gasteiger partial charge on any atom is 0.353 e. The summed E-state index contributed by atoms with van der Waals surface area (Å²) in [7, 11) is 1.25. The minimum atomic E-state index is -1.34. The number of thiazole rings is 1. The third-order valence-electron chi connectivity index (χ3n) is 5.21. The molecule has 4 rings (SSSR count). The molecule has 2 aromatic rings. The Kier molecular flexibility index (Phi) is 7.35. The van der Waals surface area contributed by atoms with E-state index in [2.05, 4.69) is 26.0 Å². The number of carboxylic acids is 1. The minimum Gasteiger partial charge on any atom is -0.477 e. The summed E-state index contributed by atoms with van der Waals surface area (Å²) in [5.41, 5.74) is 8.35. The molecular formula is C20H18N8O7S2. The molecule has 1 fully saturated rings. The molecule has 17 heteroatoms. The third-order valence-corrected chi connectivity index (χ3v) is 7.00. The lowest BCUT2D eigenvalue weighted by molar-refractivity contribution is -0.384. The van der Waals surface area contributed by atoms with Gasteiger partial charge in [0.2, 0.25) is 0 Å². The van der Waals surface area contributed by atoms with E-state index < -0.39 is 34.8 Å². The molecule has 5 N–H and O–H groups in total. The number of anilines is 2. The second-order valence-corrected chi connectivity index (χ2v) is 9.37. The first kappa shape index (κ1) is 25.6. The first-order chi connectivity index (χ1) is 17.7. The number of carbonyl (C=O) groups excluding carboxylic acids is 2.